The van der Waals surface area contributed by atoms with E-state index in [1.807, 2.05) is 13.8 Å². The number of allylic oxidation sites excluding steroid dienone is 2. The molecule has 30 heavy (non-hydrogen) atoms. The van der Waals surface area contributed by atoms with E-state index in [2.05, 4.69) is 18.2 Å². The number of alkyl halides is 3. The molecule has 0 aliphatic rings. The summed E-state index contributed by atoms with van der Waals surface area (Å²) in [6.07, 6.45) is 5.24. The Balaban J connectivity index is 2.89. The third kappa shape index (κ3) is 8.55. The monoisotopic (exact) mass is 468 g/mol. The van der Waals surface area contributed by atoms with Gasteiger partial charge in [-0.3, -0.25) is 4.72 Å². The van der Waals surface area contributed by atoms with Crippen LogP contribution in [0.1, 0.15) is 58.9 Å². The van der Waals surface area contributed by atoms with Gasteiger partial charge >= 0.3 is 15.5 Å². The van der Waals surface area contributed by atoms with E-state index in [4.69, 9.17) is 16.4 Å². The molecule has 1 N–H and O–H groups in total. The van der Waals surface area contributed by atoms with Crippen molar-refractivity contribution in [1.82, 2.24) is 0 Å². The minimum atomic E-state index is -5.57. The molecule has 1 aromatic carbocycles. The fraction of sp³-hybridized carbons (Fsp3) is 0.550. The highest BCUT2D eigenvalue weighted by Gasteiger charge is 2.46. The Hall–Kier alpha value is -1.74. The SMILES string of the molecule is CC/C(=N\OCCC(C)CCC=C(C)C)c1cc(Cl)ccc1NS(=O)(=O)C(F)(F)F. The first-order valence-electron chi connectivity index (χ1n) is 9.58. The highest BCUT2D eigenvalue weighted by Crippen LogP contribution is 2.29. The van der Waals surface area contributed by atoms with Crippen LogP contribution in [0.4, 0.5) is 18.9 Å². The summed E-state index contributed by atoms with van der Waals surface area (Å²) in [5.41, 5.74) is -4.01. The van der Waals surface area contributed by atoms with E-state index in [9.17, 15) is 21.6 Å². The minimum absolute atomic E-state index is 0.134. The molecule has 1 aromatic rings. The molecule has 0 saturated carbocycles. The molecule has 0 aliphatic heterocycles. The van der Waals surface area contributed by atoms with Crippen molar-refractivity contribution in [3.63, 3.8) is 0 Å². The Morgan fingerprint density at radius 3 is 2.53 bits per heavy atom. The zero-order chi connectivity index (χ0) is 22.9. The molecule has 5 nitrogen and oxygen atoms in total. The van der Waals surface area contributed by atoms with Crippen LogP contribution in [0.2, 0.25) is 5.02 Å². The highest BCUT2D eigenvalue weighted by molar-refractivity contribution is 7.93. The Bertz CT molecular complexity index is 865. The third-order valence-corrected chi connectivity index (χ3v) is 5.60. The van der Waals surface area contributed by atoms with Crippen molar-refractivity contribution in [2.24, 2.45) is 11.1 Å². The van der Waals surface area contributed by atoms with Crippen molar-refractivity contribution in [3.8, 4) is 0 Å². The van der Waals surface area contributed by atoms with Crippen molar-refractivity contribution in [2.45, 2.75) is 58.9 Å². The summed E-state index contributed by atoms with van der Waals surface area (Å²) in [5, 5.41) is 4.25. The van der Waals surface area contributed by atoms with Gasteiger partial charge in [-0.1, -0.05) is 42.3 Å². The second-order valence-corrected chi connectivity index (χ2v) is 9.33. The molecule has 0 spiro atoms. The van der Waals surface area contributed by atoms with E-state index in [1.165, 1.54) is 17.7 Å². The van der Waals surface area contributed by atoms with E-state index < -0.39 is 15.5 Å². The van der Waals surface area contributed by atoms with Gasteiger partial charge in [-0.25, -0.2) is 0 Å². The molecule has 0 fully saturated rings. The van der Waals surface area contributed by atoms with Gasteiger partial charge < -0.3 is 4.84 Å². The maximum absolute atomic E-state index is 12.7. The number of rotatable bonds is 11. The van der Waals surface area contributed by atoms with E-state index in [0.717, 1.165) is 25.3 Å². The average molecular weight is 469 g/mol. The van der Waals surface area contributed by atoms with Crippen molar-refractivity contribution < 1.29 is 26.4 Å². The molecule has 0 heterocycles. The Labute approximate surface area is 181 Å². The second-order valence-electron chi connectivity index (χ2n) is 7.22. The first-order chi connectivity index (χ1) is 13.9. The lowest BCUT2D eigenvalue weighted by Crippen LogP contribution is -2.30. The fourth-order valence-electron chi connectivity index (χ4n) is 2.53. The Kier molecular flexibility index (Phi) is 10.2. The Morgan fingerprint density at radius 1 is 1.30 bits per heavy atom. The number of nitrogens with one attached hydrogen (secondary N) is 1. The minimum Gasteiger partial charge on any atom is -0.396 e. The van der Waals surface area contributed by atoms with E-state index in [1.54, 1.807) is 11.6 Å². The first-order valence-corrected chi connectivity index (χ1v) is 11.4. The first kappa shape index (κ1) is 26.3. The molecular weight excluding hydrogens is 441 g/mol. The highest BCUT2D eigenvalue weighted by atomic mass is 35.5. The number of nitrogens with zero attached hydrogens (tertiary/aromatic N) is 1. The van der Waals surface area contributed by atoms with Crippen LogP contribution in [0.5, 0.6) is 0 Å². The number of hydrogen-bond donors (Lipinski definition) is 1. The van der Waals surface area contributed by atoms with Crippen LogP contribution in [-0.4, -0.2) is 26.2 Å². The second kappa shape index (κ2) is 11.6. The standard InChI is InChI=1S/C20H28ClF3N2O3S/c1-5-18(25-29-12-11-15(4)8-6-7-14(2)3)17-13-16(21)9-10-19(17)26-30(27,28)20(22,23)24/h7,9-10,13,15,26H,5-6,8,11-12H2,1-4H3/b25-18+. The average Bonchev–Trinajstić information content (AvgIpc) is 2.62. The predicted octanol–water partition coefficient (Wildman–Crippen LogP) is 6.50. The van der Waals surface area contributed by atoms with E-state index in [-0.39, 0.29) is 22.0 Å². The van der Waals surface area contributed by atoms with Gasteiger partial charge in [0, 0.05) is 10.6 Å². The molecule has 1 unspecified atom stereocenters. The van der Waals surface area contributed by atoms with Gasteiger partial charge in [0.25, 0.3) is 0 Å². The lowest BCUT2D eigenvalue weighted by Gasteiger charge is -2.15. The smallest absolute Gasteiger partial charge is 0.396 e. The third-order valence-electron chi connectivity index (χ3n) is 4.27. The zero-order valence-corrected chi connectivity index (χ0v) is 19.1. The molecule has 10 heteroatoms. The maximum Gasteiger partial charge on any atom is 0.516 e. The van der Waals surface area contributed by atoms with Crippen molar-refractivity contribution >= 4 is 33.0 Å². The van der Waals surface area contributed by atoms with Crippen molar-refractivity contribution in [2.75, 3.05) is 11.3 Å². The zero-order valence-electron chi connectivity index (χ0n) is 17.5. The van der Waals surface area contributed by atoms with Gasteiger partial charge in [-0.05, 0) is 63.6 Å². The van der Waals surface area contributed by atoms with Gasteiger partial charge in [0.1, 0.15) is 6.61 Å². The van der Waals surface area contributed by atoms with Crippen LogP contribution >= 0.6 is 11.6 Å². The fourth-order valence-corrected chi connectivity index (χ4v) is 3.28. The summed E-state index contributed by atoms with van der Waals surface area (Å²) in [4.78, 5) is 5.36. The van der Waals surface area contributed by atoms with Crippen LogP contribution in [-0.2, 0) is 14.9 Å². The maximum atomic E-state index is 12.7. The summed E-state index contributed by atoms with van der Waals surface area (Å²) < 4.78 is 62.7. The molecule has 0 amide bonds. The lowest BCUT2D eigenvalue weighted by molar-refractivity contribution is -0.0429. The van der Waals surface area contributed by atoms with E-state index >= 15 is 0 Å². The summed E-state index contributed by atoms with van der Waals surface area (Å²) in [6, 6.07) is 3.81. The van der Waals surface area contributed by atoms with Crippen LogP contribution in [0.3, 0.4) is 0 Å². The number of sulfonamides is 1. The molecule has 0 bridgehead atoms. The van der Waals surface area contributed by atoms with Crippen LogP contribution in [0, 0.1) is 5.92 Å². The predicted molar refractivity (Wildman–Crippen MR) is 115 cm³/mol. The molecule has 1 atom stereocenters. The lowest BCUT2D eigenvalue weighted by atomic mass is 10.0. The summed E-state index contributed by atoms with van der Waals surface area (Å²) in [7, 11) is -5.57. The molecule has 0 radical (unpaired) electrons. The number of benzene rings is 1. The largest absolute Gasteiger partial charge is 0.516 e. The molecule has 1 rings (SSSR count). The quantitative estimate of drug-likeness (QED) is 0.174. The van der Waals surface area contributed by atoms with Gasteiger partial charge in [-0.15, -0.1) is 0 Å². The normalized spacial score (nSPS) is 13.7. The molecule has 0 aliphatic carbocycles. The number of hydrogen-bond acceptors (Lipinski definition) is 4. The summed E-state index contributed by atoms with van der Waals surface area (Å²) >= 11 is 5.95. The number of oxime groups is 1. The number of anilines is 1. The molecular formula is C20H28ClF3N2O3S. The number of halogens is 4. The van der Waals surface area contributed by atoms with Crippen LogP contribution in [0.15, 0.2) is 35.0 Å². The molecule has 170 valence electrons. The topological polar surface area (TPSA) is 67.8 Å². The van der Waals surface area contributed by atoms with Crippen molar-refractivity contribution in [1.29, 1.82) is 0 Å². The van der Waals surface area contributed by atoms with Gasteiger partial charge in [-0.2, -0.15) is 21.6 Å². The van der Waals surface area contributed by atoms with Gasteiger partial charge in [0.2, 0.25) is 0 Å². The Morgan fingerprint density at radius 2 is 1.97 bits per heavy atom. The van der Waals surface area contributed by atoms with Gasteiger partial charge in [0.05, 0.1) is 11.4 Å². The summed E-state index contributed by atoms with van der Waals surface area (Å²) in [6.45, 7) is 8.27. The van der Waals surface area contributed by atoms with Gasteiger partial charge in [0.15, 0.2) is 0 Å². The van der Waals surface area contributed by atoms with Crippen molar-refractivity contribution in [3.05, 3.63) is 40.4 Å². The summed E-state index contributed by atoms with van der Waals surface area (Å²) in [5.74, 6) is 0.418. The van der Waals surface area contributed by atoms with Crippen LogP contribution in [0.25, 0.3) is 0 Å². The van der Waals surface area contributed by atoms with Crippen LogP contribution < -0.4 is 4.72 Å². The van der Waals surface area contributed by atoms with E-state index in [0.29, 0.717) is 18.9 Å². The molecule has 0 aromatic heterocycles. The molecule has 0 saturated heterocycles.